The second-order valence-corrected chi connectivity index (χ2v) is 10.7. The minimum atomic E-state index is -0.00703. The highest BCUT2D eigenvalue weighted by molar-refractivity contribution is 7.80. The number of hydrogen-bond acceptors (Lipinski definition) is 5. The molecule has 0 spiro atoms. The van der Waals surface area contributed by atoms with Gasteiger partial charge >= 0.3 is 0 Å². The molecule has 0 saturated heterocycles. The van der Waals surface area contributed by atoms with Gasteiger partial charge in [-0.15, -0.1) is 0 Å². The van der Waals surface area contributed by atoms with Gasteiger partial charge in [0.25, 0.3) is 0 Å². The van der Waals surface area contributed by atoms with Crippen LogP contribution in [0, 0.1) is 23.2 Å². The van der Waals surface area contributed by atoms with Crippen LogP contribution in [-0.4, -0.2) is 21.1 Å². The summed E-state index contributed by atoms with van der Waals surface area (Å²) < 4.78 is 5.79. The maximum Gasteiger partial charge on any atom is 0.231 e. The number of oxazole rings is 1. The minimum absolute atomic E-state index is 0.00703. The maximum atomic E-state index is 12.9. The lowest BCUT2D eigenvalue weighted by Crippen LogP contribution is -2.48. The van der Waals surface area contributed by atoms with Gasteiger partial charge < -0.3 is 20.2 Å². The summed E-state index contributed by atoms with van der Waals surface area (Å²) >= 11 is 5.42. The summed E-state index contributed by atoms with van der Waals surface area (Å²) in [7, 11) is 0. The number of thiocarbonyl (C=S) groups is 1. The van der Waals surface area contributed by atoms with E-state index in [-0.39, 0.29) is 22.2 Å². The zero-order chi connectivity index (χ0) is 22.6. The number of aromatic hydroxyl groups is 1. The molecule has 0 aliphatic heterocycles. The second kappa shape index (κ2) is 7.83. The quantitative estimate of drug-likeness (QED) is 0.345. The summed E-state index contributed by atoms with van der Waals surface area (Å²) in [5, 5.41) is 16.6. The van der Waals surface area contributed by atoms with Crippen molar-refractivity contribution in [2.75, 3.05) is 5.32 Å². The number of aromatic nitrogens is 1. The number of fused-ring (bicyclic) bond motifs is 1. The number of amides is 1. The van der Waals surface area contributed by atoms with Crippen molar-refractivity contribution in [2.24, 2.45) is 23.2 Å². The normalized spacial score (nSPS) is 27.6. The molecule has 6 nitrogen and oxygen atoms in total. The van der Waals surface area contributed by atoms with Crippen LogP contribution in [0.15, 0.2) is 46.9 Å². The summed E-state index contributed by atoms with van der Waals surface area (Å²) in [6, 6.07) is 12.4. The average Bonchev–Trinajstić information content (AvgIpc) is 3.17. The van der Waals surface area contributed by atoms with E-state index in [0.717, 1.165) is 23.3 Å². The van der Waals surface area contributed by atoms with Gasteiger partial charge in [0, 0.05) is 12.1 Å². The Hall–Kier alpha value is -2.93. The number of benzene rings is 2. The Balaban J connectivity index is 1.13. The number of para-hydroxylation sites is 2. The number of carbonyl (C=O) groups excluding carboxylic acids is 1. The monoisotopic (exact) mass is 461 g/mol. The Labute approximate surface area is 197 Å². The molecule has 0 unspecified atom stereocenters. The van der Waals surface area contributed by atoms with E-state index in [0.29, 0.717) is 29.1 Å². The number of carbonyl (C=O) groups is 1. The molecule has 1 amide bonds. The largest absolute Gasteiger partial charge is 0.507 e. The molecule has 3 N–H and O–H groups in total. The van der Waals surface area contributed by atoms with E-state index in [1.165, 1.54) is 38.5 Å². The zero-order valence-electron chi connectivity index (χ0n) is 18.3. The highest BCUT2D eigenvalue weighted by Gasteiger charge is 2.51. The van der Waals surface area contributed by atoms with Gasteiger partial charge in [-0.1, -0.05) is 12.1 Å². The Bertz CT molecular complexity index is 1180. The van der Waals surface area contributed by atoms with Gasteiger partial charge in [-0.25, -0.2) is 4.98 Å². The van der Waals surface area contributed by atoms with Gasteiger partial charge in [0.1, 0.15) is 11.3 Å². The molecule has 4 saturated carbocycles. The molecule has 0 radical (unpaired) electrons. The first-order chi connectivity index (χ1) is 15.9. The third kappa shape index (κ3) is 3.99. The first kappa shape index (κ1) is 20.7. The van der Waals surface area contributed by atoms with Crippen molar-refractivity contribution in [3.8, 4) is 17.2 Å². The van der Waals surface area contributed by atoms with Crippen molar-refractivity contribution >= 4 is 40.0 Å². The van der Waals surface area contributed by atoms with Crippen LogP contribution in [0.25, 0.3) is 22.6 Å². The molecular weight excluding hydrogens is 434 g/mol. The molecule has 4 aliphatic carbocycles. The van der Waals surface area contributed by atoms with Crippen LogP contribution in [0.5, 0.6) is 5.75 Å². The Morgan fingerprint density at radius 3 is 2.48 bits per heavy atom. The SMILES string of the molecule is O=C(CC12CC3CC(CC(C3)C1)C2)NC(=S)Nc1ccc(O)c(-c2nc3ccccc3o2)c1. The van der Waals surface area contributed by atoms with Crippen LogP contribution in [0.3, 0.4) is 0 Å². The van der Waals surface area contributed by atoms with Crippen LogP contribution in [-0.2, 0) is 4.79 Å². The van der Waals surface area contributed by atoms with Crippen molar-refractivity contribution in [1.29, 1.82) is 0 Å². The third-order valence-electron chi connectivity index (χ3n) is 7.73. The van der Waals surface area contributed by atoms with E-state index in [4.69, 9.17) is 16.6 Å². The van der Waals surface area contributed by atoms with E-state index in [2.05, 4.69) is 15.6 Å². The molecule has 7 heteroatoms. The number of phenolic OH excluding ortho intramolecular Hbond substituents is 1. The Morgan fingerprint density at radius 1 is 1.09 bits per heavy atom. The molecule has 4 fully saturated rings. The summed E-state index contributed by atoms with van der Waals surface area (Å²) in [6.07, 6.45) is 8.23. The predicted octanol–water partition coefficient (Wildman–Crippen LogP) is 5.62. The highest BCUT2D eigenvalue weighted by Crippen LogP contribution is 2.61. The standard InChI is InChI=1S/C26H27N3O3S/c30-21-6-5-18(10-19(21)24-28-20-3-1-2-4-22(20)32-24)27-25(33)29-23(31)14-26-11-15-7-16(12-26)9-17(8-15)13-26/h1-6,10,15-17,30H,7-9,11-14H2,(H2,27,29,31,33). The predicted molar refractivity (Wildman–Crippen MR) is 131 cm³/mol. The number of rotatable bonds is 4. The number of phenols is 1. The van der Waals surface area contributed by atoms with Crippen LogP contribution in [0.2, 0.25) is 0 Å². The lowest BCUT2D eigenvalue weighted by molar-refractivity contribution is -0.127. The van der Waals surface area contributed by atoms with Crippen molar-refractivity contribution < 1.29 is 14.3 Å². The number of nitrogens with one attached hydrogen (secondary N) is 2. The third-order valence-corrected chi connectivity index (χ3v) is 7.94. The molecule has 3 aromatic rings. The van der Waals surface area contributed by atoms with Crippen LogP contribution < -0.4 is 10.6 Å². The molecule has 7 rings (SSSR count). The number of anilines is 1. The smallest absolute Gasteiger partial charge is 0.231 e. The topological polar surface area (TPSA) is 87.4 Å². The van der Waals surface area contributed by atoms with Gasteiger partial charge in [-0.05, 0) is 104 Å². The molecule has 0 atom stereocenters. The van der Waals surface area contributed by atoms with Crippen molar-refractivity contribution in [3.63, 3.8) is 0 Å². The van der Waals surface area contributed by atoms with Crippen LogP contribution >= 0.6 is 12.2 Å². The van der Waals surface area contributed by atoms with E-state index in [1.54, 1.807) is 18.2 Å². The fourth-order valence-electron chi connectivity index (χ4n) is 6.95. The fourth-order valence-corrected chi connectivity index (χ4v) is 7.18. The van der Waals surface area contributed by atoms with Gasteiger partial charge in [0.2, 0.25) is 11.8 Å². The molecular formula is C26H27N3O3S. The first-order valence-corrected chi connectivity index (χ1v) is 12.2. The molecule has 4 bridgehead atoms. The zero-order valence-corrected chi connectivity index (χ0v) is 19.2. The fraction of sp³-hybridized carbons (Fsp3) is 0.423. The summed E-state index contributed by atoms with van der Waals surface area (Å²) in [6.45, 7) is 0. The number of nitrogens with zero attached hydrogens (tertiary/aromatic N) is 1. The van der Waals surface area contributed by atoms with Crippen molar-refractivity contribution in [3.05, 3.63) is 42.5 Å². The molecule has 2 aromatic carbocycles. The minimum Gasteiger partial charge on any atom is -0.507 e. The summed E-state index contributed by atoms with van der Waals surface area (Å²) in [4.78, 5) is 17.3. The Kier molecular flexibility index (Phi) is 4.91. The van der Waals surface area contributed by atoms with Gasteiger partial charge in [-0.3, -0.25) is 4.79 Å². The summed E-state index contributed by atoms with van der Waals surface area (Å²) in [5.41, 5.74) is 2.65. The van der Waals surface area contributed by atoms with Crippen LogP contribution in [0.4, 0.5) is 5.69 Å². The van der Waals surface area contributed by atoms with Gasteiger partial charge in [0.15, 0.2) is 10.7 Å². The van der Waals surface area contributed by atoms with E-state index < -0.39 is 0 Å². The molecule has 33 heavy (non-hydrogen) atoms. The lowest BCUT2D eigenvalue weighted by Gasteiger charge is -2.56. The first-order valence-electron chi connectivity index (χ1n) is 11.7. The van der Waals surface area contributed by atoms with E-state index in [1.807, 2.05) is 24.3 Å². The van der Waals surface area contributed by atoms with E-state index in [9.17, 15) is 9.90 Å². The van der Waals surface area contributed by atoms with E-state index >= 15 is 0 Å². The highest BCUT2D eigenvalue weighted by atomic mass is 32.1. The Morgan fingerprint density at radius 2 is 1.79 bits per heavy atom. The van der Waals surface area contributed by atoms with Crippen LogP contribution in [0.1, 0.15) is 44.9 Å². The molecule has 4 aliphatic rings. The van der Waals surface area contributed by atoms with Gasteiger partial charge in [-0.2, -0.15) is 0 Å². The van der Waals surface area contributed by atoms with Crippen molar-refractivity contribution in [1.82, 2.24) is 10.3 Å². The second-order valence-electron chi connectivity index (χ2n) is 10.3. The number of hydrogen-bond donors (Lipinski definition) is 3. The maximum absolute atomic E-state index is 12.9. The average molecular weight is 462 g/mol. The summed E-state index contributed by atoms with van der Waals surface area (Å²) in [5.74, 6) is 2.83. The molecule has 1 heterocycles. The molecule has 1 aromatic heterocycles. The molecule has 170 valence electrons. The van der Waals surface area contributed by atoms with Crippen molar-refractivity contribution in [2.45, 2.75) is 44.9 Å². The van der Waals surface area contributed by atoms with Gasteiger partial charge in [0.05, 0.1) is 5.56 Å². The lowest BCUT2D eigenvalue weighted by atomic mass is 9.49.